The molecule has 0 aliphatic carbocycles. The van der Waals surface area contributed by atoms with Crippen molar-refractivity contribution in [3.63, 3.8) is 0 Å². The lowest BCUT2D eigenvalue weighted by Gasteiger charge is -2.26. The lowest BCUT2D eigenvalue weighted by atomic mass is 10.1. The third-order valence-corrected chi connectivity index (χ3v) is 2.45. The molecule has 0 saturated carbocycles. The molecule has 17 heavy (non-hydrogen) atoms. The van der Waals surface area contributed by atoms with Crippen LogP contribution < -0.4 is 10.6 Å². The molecule has 0 bridgehead atoms. The molecule has 0 heterocycles. The molecule has 0 amide bonds. The van der Waals surface area contributed by atoms with E-state index in [1.807, 2.05) is 37.8 Å². The number of hydrogen-bond acceptors (Lipinski definition) is 1. The van der Waals surface area contributed by atoms with Gasteiger partial charge in [-0.25, -0.2) is 4.99 Å². The standard InChI is InChI=1S/C14H23N3/c1-6-17(13(15)16-14(3,4)5)12-10-8-7-9-11(12)2/h7-10H,6H2,1-5H3,(H2,15,16). The molecule has 2 N–H and O–H groups in total. The van der Waals surface area contributed by atoms with Crippen molar-refractivity contribution in [2.24, 2.45) is 10.7 Å². The SMILES string of the molecule is CCN(C(N)=NC(C)(C)C)c1ccccc1C. The van der Waals surface area contributed by atoms with Crippen LogP contribution in [0.5, 0.6) is 0 Å². The highest BCUT2D eigenvalue weighted by Crippen LogP contribution is 2.19. The second-order valence-electron chi connectivity index (χ2n) is 5.17. The van der Waals surface area contributed by atoms with Crippen molar-refractivity contribution in [2.75, 3.05) is 11.4 Å². The van der Waals surface area contributed by atoms with Crippen LogP contribution >= 0.6 is 0 Å². The monoisotopic (exact) mass is 233 g/mol. The summed E-state index contributed by atoms with van der Waals surface area (Å²) in [6.07, 6.45) is 0. The van der Waals surface area contributed by atoms with Crippen LogP contribution in [0.4, 0.5) is 5.69 Å². The number of aryl methyl sites for hydroxylation is 1. The number of nitrogens with zero attached hydrogens (tertiary/aromatic N) is 2. The third-order valence-electron chi connectivity index (χ3n) is 2.45. The molecule has 1 aromatic rings. The molecule has 94 valence electrons. The fraction of sp³-hybridized carbons (Fsp3) is 0.500. The van der Waals surface area contributed by atoms with E-state index in [9.17, 15) is 0 Å². The van der Waals surface area contributed by atoms with Crippen molar-refractivity contribution >= 4 is 11.6 Å². The van der Waals surface area contributed by atoms with Gasteiger partial charge in [-0.05, 0) is 46.2 Å². The molecule has 0 radical (unpaired) electrons. The van der Waals surface area contributed by atoms with Crippen LogP contribution in [0.15, 0.2) is 29.3 Å². The molecule has 0 aliphatic heterocycles. The summed E-state index contributed by atoms with van der Waals surface area (Å²) in [6, 6.07) is 8.21. The molecule has 1 rings (SSSR count). The van der Waals surface area contributed by atoms with Crippen molar-refractivity contribution in [3.8, 4) is 0 Å². The maximum absolute atomic E-state index is 6.09. The van der Waals surface area contributed by atoms with Crippen molar-refractivity contribution in [1.29, 1.82) is 0 Å². The van der Waals surface area contributed by atoms with E-state index < -0.39 is 0 Å². The second kappa shape index (κ2) is 5.21. The molecule has 0 spiro atoms. The Morgan fingerprint density at radius 3 is 2.35 bits per heavy atom. The Morgan fingerprint density at radius 1 is 1.29 bits per heavy atom. The number of hydrogen-bond donors (Lipinski definition) is 1. The first-order chi connectivity index (χ1) is 7.85. The zero-order chi connectivity index (χ0) is 13.1. The first-order valence-electron chi connectivity index (χ1n) is 6.03. The Kier molecular flexibility index (Phi) is 4.16. The van der Waals surface area contributed by atoms with E-state index >= 15 is 0 Å². The van der Waals surface area contributed by atoms with Crippen molar-refractivity contribution < 1.29 is 0 Å². The van der Waals surface area contributed by atoms with Gasteiger partial charge in [0.2, 0.25) is 0 Å². The first kappa shape index (κ1) is 13.6. The summed E-state index contributed by atoms with van der Waals surface area (Å²) in [5.74, 6) is 0.578. The van der Waals surface area contributed by atoms with Gasteiger partial charge in [0.05, 0.1) is 5.54 Å². The maximum atomic E-state index is 6.09. The van der Waals surface area contributed by atoms with E-state index in [1.165, 1.54) is 5.56 Å². The van der Waals surface area contributed by atoms with Crippen LogP contribution in [0.3, 0.4) is 0 Å². The van der Waals surface area contributed by atoms with Gasteiger partial charge in [0.15, 0.2) is 5.96 Å². The molecule has 3 nitrogen and oxygen atoms in total. The maximum Gasteiger partial charge on any atom is 0.196 e. The van der Waals surface area contributed by atoms with Gasteiger partial charge >= 0.3 is 0 Å². The third kappa shape index (κ3) is 3.77. The Hall–Kier alpha value is -1.51. The number of benzene rings is 1. The Labute approximate surface area is 104 Å². The molecule has 1 aromatic carbocycles. The minimum Gasteiger partial charge on any atom is -0.369 e. The molecule has 0 fully saturated rings. The average molecular weight is 233 g/mol. The van der Waals surface area contributed by atoms with Gasteiger partial charge in [0.1, 0.15) is 0 Å². The number of guanidine groups is 1. The first-order valence-corrected chi connectivity index (χ1v) is 6.03. The topological polar surface area (TPSA) is 41.6 Å². The van der Waals surface area contributed by atoms with Crippen LogP contribution in [0, 0.1) is 6.92 Å². The minimum absolute atomic E-state index is 0.153. The average Bonchev–Trinajstić information content (AvgIpc) is 2.19. The van der Waals surface area contributed by atoms with Crippen LogP contribution in [0.2, 0.25) is 0 Å². The number of rotatable bonds is 2. The quantitative estimate of drug-likeness (QED) is 0.630. The zero-order valence-electron chi connectivity index (χ0n) is 11.5. The van der Waals surface area contributed by atoms with E-state index in [4.69, 9.17) is 5.73 Å². The van der Waals surface area contributed by atoms with E-state index in [2.05, 4.69) is 31.0 Å². The summed E-state index contributed by atoms with van der Waals surface area (Å²) in [6.45, 7) is 11.1. The lowest BCUT2D eigenvalue weighted by molar-refractivity contribution is 0.580. The van der Waals surface area contributed by atoms with Gasteiger partial charge in [-0.15, -0.1) is 0 Å². The van der Waals surface area contributed by atoms with Crippen LogP contribution in [-0.4, -0.2) is 18.0 Å². The summed E-state index contributed by atoms with van der Waals surface area (Å²) in [5.41, 5.74) is 8.27. The molecule has 0 aromatic heterocycles. The number of nitrogens with two attached hydrogens (primary N) is 1. The predicted molar refractivity (Wildman–Crippen MR) is 75.6 cm³/mol. The zero-order valence-corrected chi connectivity index (χ0v) is 11.5. The van der Waals surface area contributed by atoms with Gasteiger partial charge in [0, 0.05) is 12.2 Å². The van der Waals surface area contributed by atoms with Crippen LogP contribution in [0.1, 0.15) is 33.3 Å². The van der Waals surface area contributed by atoms with E-state index in [1.54, 1.807) is 0 Å². The van der Waals surface area contributed by atoms with Crippen molar-refractivity contribution in [3.05, 3.63) is 29.8 Å². The second-order valence-corrected chi connectivity index (χ2v) is 5.17. The fourth-order valence-corrected chi connectivity index (χ4v) is 1.73. The molecular weight excluding hydrogens is 210 g/mol. The van der Waals surface area contributed by atoms with Gasteiger partial charge in [0.25, 0.3) is 0 Å². The highest BCUT2D eigenvalue weighted by atomic mass is 15.3. The molecule has 0 aliphatic rings. The smallest absolute Gasteiger partial charge is 0.196 e. The number of anilines is 1. The number of aliphatic imine (C=N–C) groups is 1. The summed E-state index contributed by atoms with van der Waals surface area (Å²) >= 11 is 0. The van der Waals surface area contributed by atoms with Gasteiger partial charge < -0.3 is 10.6 Å². The van der Waals surface area contributed by atoms with E-state index in [0.717, 1.165) is 12.2 Å². The largest absolute Gasteiger partial charge is 0.369 e. The molecule has 0 atom stereocenters. The predicted octanol–water partition coefficient (Wildman–Crippen LogP) is 2.93. The minimum atomic E-state index is -0.153. The van der Waals surface area contributed by atoms with E-state index in [0.29, 0.717) is 5.96 Å². The van der Waals surface area contributed by atoms with Crippen LogP contribution in [-0.2, 0) is 0 Å². The summed E-state index contributed by atoms with van der Waals surface area (Å²) in [7, 11) is 0. The number of para-hydroxylation sites is 1. The van der Waals surface area contributed by atoms with Crippen molar-refractivity contribution in [1.82, 2.24) is 0 Å². The van der Waals surface area contributed by atoms with Gasteiger partial charge in [-0.1, -0.05) is 18.2 Å². The summed E-state index contributed by atoms with van der Waals surface area (Å²) in [5, 5.41) is 0. The Morgan fingerprint density at radius 2 is 1.88 bits per heavy atom. The molecular formula is C14H23N3. The van der Waals surface area contributed by atoms with E-state index in [-0.39, 0.29) is 5.54 Å². The summed E-state index contributed by atoms with van der Waals surface area (Å²) < 4.78 is 0. The summed E-state index contributed by atoms with van der Waals surface area (Å²) in [4.78, 5) is 6.56. The van der Waals surface area contributed by atoms with Gasteiger partial charge in [-0.3, -0.25) is 0 Å². The Bertz CT molecular complexity index is 402. The highest BCUT2D eigenvalue weighted by molar-refractivity contribution is 5.95. The van der Waals surface area contributed by atoms with Crippen molar-refractivity contribution in [2.45, 2.75) is 40.2 Å². The molecule has 0 unspecified atom stereocenters. The fourth-order valence-electron chi connectivity index (χ4n) is 1.73. The normalized spacial score (nSPS) is 12.6. The lowest BCUT2D eigenvalue weighted by Crippen LogP contribution is -2.39. The van der Waals surface area contributed by atoms with Crippen LogP contribution in [0.25, 0.3) is 0 Å². The van der Waals surface area contributed by atoms with Gasteiger partial charge in [-0.2, -0.15) is 0 Å². The molecule has 3 heteroatoms. The Balaban J connectivity index is 3.09. The highest BCUT2D eigenvalue weighted by Gasteiger charge is 2.14. The molecule has 0 saturated heterocycles.